The maximum absolute atomic E-state index is 9.44. The van der Waals surface area contributed by atoms with E-state index in [2.05, 4.69) is 4.31 Å². The molecule has 0 radical (unpaired) electrons. The summed E-state index contributed by atoms with van der Waals surface area (Å²) in [4.78, 5) is 35.7. The Morgan fingerprint density at radius 2 is 1.33 bits per heavy atom. The molecule has 0 aliphatic heterocycles. The van der Waals surface area contributed by atoms with Crippen LogP contribution in [0.25, 0.3) is 0 Å². The molecule has 0 aliphatic rings. The summed E-state index contributed by atoms with van der Waals surface area (Å²) < 4.78 is 21.4. The molecule has 7 nitrogen and oxygen atoms in total. The van der Waals surface area contributed by atoms with Gasteiger partial charge in [-0.25, -0.2) is 0 Å². The van der Waals surface area contributed by atoms with Crippen LogP contribution in [0.1, 0.15) is 0 Å². The standard InChI is InChI=1S/K.2Na.H4O7P2/c;;;1-8(2,3)7-9(4,5)6/h;;;(H2,1,2,3)(H2,4,5,6)/q3*+1;/p-3. The van der Waals surface area contributed by atoms with Crippen molar-refractivity contribution in [3.8, 4) is 0 Å². The first kappa shape index (κ1) is 24.9. The zero-order valence-electron chi connectivity index (χ0n) is 6.79. The van der Waals surface area contributed by atoms with Crippen molar-refractivity contribution in [2.24, 2.45) is 0 Å². The second-order valence-corrected chi connectivity index (χ2v) is 3.48. The molecule has 1 unspecified atom stereocenters. The fourth-order valence-corrected chi connectivity index (χ4v) is 1.14. The van der Waals surface area contributed by atoms with Gasteiger partial charge in [-0.3, -0.25) is 8.88 Å². The second kappa shape index (κ2) is 10.1. The number of hydrogen-bond acceptors (Lipinski definition) is 6. The Morgan fingerprint density at radius 3 is 1.33 bits per heavy atom. The van der Waals surface area contributed by atoms with Gasteiger partial charge in [-0.15, -0.1) is 0 Å². The van der Waals surface area contributed by atoms with Crippen molar-refractivity contribution in [2.75, 3.05) is 0 Å². The molecule has 12 heteroatoms. The van der Waals surface area contributed by atoms with Crippen molar-refractivity contribution in [3.05, 3.63) is 0 Å². The van der Waals surface area contributed by atoms with E-state index in [0.717, 1.165) is 0 Å². The van der Waals surface area contributed by atoms with Crippen LogP contribution in [0, 0.1) is 0 Å². The smallest absolute Gasteiger partial charge is 0.790 e. The molecule has 0 heterocycles. The molecule has 0 saturated carbocycles. The molecule has 0 fully saturated rings. The Kier molecular flexibility index (Phi) is 20.9. The van der Waals surface area contributed by atoms with Crippen LogP contribution in [-0.4, -0.2) is 4.89 Å². The van der Waals surface area contributed by atoms with E-state index in [-0.39, 0.29) is 110 Å². The van der Waals surface area contributed by atoms with Crippen LogP contribution >= 0.6 is 15.6 Å². The van der Waals surface area contributed by atoms with Gasteiger partial charge >= 0.3 is 110 Å². The molecule has 0 saturated heterocycles. The maximum atomic E-state index is 9.44. The third-order valence-corrected chi connectivity index (χ3v) is 1.83. The van der Waals surface area contributed by atoms with E-state index in [0.29, 0.717) is 0 Å². The van der Waals surface area contributed by atoms with Crippen LogP contribution in [-0.2, 0) is 13.4 Å². The first-order valence-electron chi connectivity index (χ1n) is 1.48. The van der Waals surface area contributed by atoms with E-state index >= 15 is 0 Å². The number of hydrogen-bond donors (Lipinski definition) is 1. The molecule has 1 atom stereocenters. The fourth-order valence-electron chi connectivity index (χ4n) is 0.126. The van der Waals surface area contributed by atoms with Gasteiger partial charge in [0.05, 0.1) is 7.82 Å². The van der Waals surface area contributed by atoms with E-state index in [9.17, 15) is 23.8 Å². The summed E-state index contributed by atoms with van der Waals surface area (Å²) in [5.41, 5.74) is 0. The van der Waals surface area contributed by atoms with Gasteiger partial charge in [-0.2, -0.15) is 0 Å². The summed E-state index contributed by atoms with van der Waals surface area (Å²) in [7, 11) is -11.0. The van der Waals surface area contributed by atoms with E-state index in [4.69, 9.17) is 4.89 Å². The Balaban J connectivity index is -0.000000107. The first-order chi connectivity index (χ1) is 3.71. The zero-order chi connectivity index (χ0) is 7.71. The van der Waals surface area contributed by atoms with E-state index < -0.39 is 15.6 Å². The molecule has 0 rings (SSSR count). The zero-order valence-corrected chi connectivity index (χ0v) is 15.7. The third kappa shape index (κ3) is 23.6. The molecular formula is HKNa2O7P2. The molecule has 0 spiro atoms. The average Bonchev–Trinajstić information content (AvgIpc) is 1.14. The predicted molar refractivity (Wildman–Crippen MR) is 18.5 cm³/mol. The molecule has 56 valence electrons. The van der Waals surface area contributed by atoms with Crippen molar-refractivity contribution < 1.29 is 144 Å². The minimum atomic E-state index is -5.61. The summed E-state index contributed by atoms with van der Waals surface area (Å²) in [5, 5.41) is 0. The molecule has 0 aromatic carbocycles. The fraction of sp³-hybridized carbons (Fsp3) is 0. The number of phosphoric acid groups is 2. The Hall–Kier alpha value is 3.90. The average molecular weight is 260 g/mol. The Labute approximate surface area is 156 Å². The minimum absolute atomic E-state index is 0. The van der Waals surface area contributed by atoms with Crippen molar-refractivity contribution in [2.45, 2.75) is 0 Å². The predicted octanol–water partition coefficient (Wildman–Crippen LogP) is -11.7. The SMILES string of the molecule is O=P([O-])([O-])OP(=O)([O-])O.[K+].[Na+].[Na+]. The second-order valence-electron chi connectivity index (χ2n) is 0.997. The minimum Gasteiger partial charge on any atom is -0.790 e. The monoisotopic (exact) mass is 260 g/mol. The van der Waals surface area contributed by atoms with Crippen molar-refractivity contribution in [1.29, 1.82) is 0 Å². The summed E-state index contributed by atoms with van der Waals surface area (Å²) >= 11 is 0. The molecule has 12 heavy (non-hydrogen) atoms. The Bertz CT molecular complexity index is 160. The molecular weight excluding hydrogens is 259 g/mol. The quantitative estimate of drug-likeness (QED) is 0.385. The van der Waals surface area contributed by atoms with Gasteiger partial charge in [0.1, 0.15) is 0 Å². The topological polar surface area (TPSA) is 133 Å². The van der Waals surface area contributed by atoms with Gasteiger partial charge in [0.2, 0.25) is 0 Å². The van der Waals surface area contributed by atoms with Gasteiger partial charge in [-0.1, -0.05) is 0 Å². The van der Waals surface area contributed by atoms with E-state index in [1.807, 2.05) is 0 Å². The summed E-state index contributed by atoms with van der Waals surface area (Å²) in [5.74, 6) is 0. The van der Waals surface area contributed by atoms with Gasteiger partial charge < -0.3 is 24.1 Å². The van der Waals surface area contributed by atoms with Gasteiger partial charge in [0.15, 0.2) is 0 Å². The molecule has 0 aromatic rings. The van der Waals surface area contributed by atoms with Gasteiger partial charge in [-0.05, 0) is 0 Å². The van der Waals surface area contributed by atoms with Crippen LogP contribution in [0.4, 0.5) is 0 Å². The van der Waals surface area contributed by atoms with Crippen LogP contribution in [0.5, 0.6) is 0 Å². The third-order valence-electron chi connectivity index (χ3n) is 0.203. The number of rotatable bonds is 2. The molecule has 0 bridgehead atoms. The maximum Gasteiger partial charge on any atom is 1.00 e. The van der Waals surface area contributed by atoms with Gasteiger partial charge in [0.25, 0.3) is 7.82 Å². The van der Waals surface area contributed by atoms with Crippen LogP contribution in [0.2, 0.25) is 0 Å². The van der Waals surface area contributed by atoms with Crippen LogP contribution in [0.15, 0.2) is 0 Å². The first-order valence-corrected chi connectivity index (χ1v) is 4.43. The van der Waals surface area contributed by atoms with Crippen LogP contribution in [0.3, 0.4) is 0 Å². The van der Waals surface area contributed by atoms with Gasteiger partial charge in [0, 0.05) is 0 Å². The van der Waals surface area contributed by atoms with Crippen molar-refractivity contribution in [3.63, 3.8) is 0 Å². The van der Waals surface area contributed by atoms with E-state index in [1.54, 1.807) is 0 Å². The molecule has 0 aliphatic carbocycles. The molecule has 0 aromatic heterocycles. The molecule has 1 N–H and O–H groups in total. The van der Waals surface area contributed by atoms with Crippen molar-refractivity contribution in [1.82, 2.24) is 0 Å². The largest absolute Gasteiger partial charge is 1.00 e. The van der Waals surface area contributed by atoms with E-state index in [1.165, 1.54) is 0 Å². The van der Waals surface area contributed by atoms with Crippen LogP contribution < -0.4 is 125 Å². The Morgan fingerprint density at radius 1 is 1.08 bits per heavy atom. The normalized spacial score (nSPS) is 14.3. The summed E-state index contributed by atoms with van der Waals surface area (Å²) in [6.07, 6.45) is 0. The molecule has 0 amide bonds. The van der Waals surface area contributed by atoms with Crippen molar-refractivity contribution >= 4 is 15.6 Å². The summed E-state index contributed by atoms with van der Waals surface area (Å²) in [6.45, 7) is 0. The summed E-state index contributed by atoms with van der Waals surface area (Å²) in [6, 6.07) is 0.